The molecule has 4 heterocycles. The van der Waals surface area contributed by atoms with Gasteiger partial charge in [-0.05, 0) is 67.0 Å². The van der Waals surface area contributed by atoms with E-state index < -0.39 is 0 Å². The summed E-state index contributed by atoms with van der Waals surface area (Å²) < 4.78 is 10.1. The molecule has 0 unspecified atom stereocenters. The second-order valence-electron chi connectivity index (χ2n) is 10.5. The Labute approximate surface area is 222 Å². The summed E-state index contributed by atoms with van der Waals surface area (Å²) >= 11 is 6.56. The number of ether oxygens (including phenoxy) is 1. The minimum atomic E-state index is 0.104. The van der Waals surface area contributed by atoms with Gasteiger partial charge < -0.3 is 9.30 Å². The monoisotopic (exact) mass is 513 g/mol. The average molecular weight is 514 g/mol. The predicted octanol–water partition coefficient (Wildman–Crippen LogP) is 7.09. The summed E-state index contributed by atoms with van der Waals surface area (Å²) in [6.45, 7) is 8.04. The minimum Gasteiger partial charge on any atom is -0.381 e. The van der Waals surface area contributed by atoms with Crippen molar-refractivity contribution >= 4 is 33.5 Å². The van der Waals surface area contributed by atoms with E-state index in [1.807, 2.05) is 30.9 Å². The molecule has 6 rings (SSSR count). The van der Waals surface area contributed by atoms with E-state index in [0.717, 1.165) is 59.1 Å². The van der Waals surface area contributed by atoms with Gasteiger partial charge >= 0.3 is 0 Å². The van der Waals surface area contributed by atoms with Gasteiger partial charge in [-0.25, -0.2) is 4.68 Å². The first-order valence-electron chi connectivity index (χ1n) is 13.1. The lowest BCUT2D eigenvalue weighted by atomic mass is 9.86. The Morgan fingerprint density at radius 3 is 2.51 bits per heavy atom. The normalized spacial score (nSPS) is 15.7. The van der Waals surface area contributed by atoms with Crippen LogP contribution in [0.25, 0.3) is 33.2 Å². The van der Waals surface area contributed by atoms with Gasteiger partial charge in [0, 0.05) is 42.4 Å². The molecule has 37 heavy (non-hydrogen) atoms. The lowest BCUT2D eigenvalue weighted by Gasteiger charge is -2.33. The highest BCUT2D eigenvalue weighted by Crippen LogP contribution is 2.42. The number of fused-ring (bicyclic) bond motifs is 3. The third-order valence-electron chi connectivity index (χ3n) is 7.78. The number of hydrogen-bond donors (Lipinski definition) is 0. The van der Waals surface area contributed by atoms with E-state index in [1.165, 1.54) is 22.0 Å². The standard InChI is InChI=1S/C30H32ClN5O/c1-18(2)21-8-9-25-26(15-21)36(27-16-23(17-32-28(25)27)29-19(3)33-34-35(29)4)30(20-10-12-37-13-11-20)22-6-5-7-24(31)14-22/h5-9,14-18,20,30H,10-13H2,1-4H3/t30-/m0/s1. The minimum absolute atomic E-state index is 0.104. The number of pyridine rings is 1. The lowest BCUT2D eigenvalue weighted by Crippen LogP contribution is -2.27. The van der Waals surface area contributed by atoms with Gasteiger partial charge in [0.1, 0.15) is 0 Å². The predicted molar refractivity (Wildman–Crippen MR) is 149 cm³/mol. The summed E-state index contributed by atoms with van der Waals surface area (Å²) in [6, 6.07) is 17.6. The van der Waals surface area contributed by atoms with Crippen molar-refractivity contribution in [2.75, 3.05) is 13.2 Å². The van der Waals surface area contributed by atoms with Crippen LogP contribution in [0.4, 0.5) is 0 Å². The molecule has 1 aliphatic heterocycles. The first-order valence-corrected chi connectivity index (χ1v) is 13.4. The van der Waals surface area contributed by atoms with Crippen LogP contribution >= 0.6 is 11.6 Å². The number of halogens is 1. The summed E-state index contributed by atoms with van der Waals surface area (Å²) in [5.74, 6) is 0.840. The summed E-state index contributed by atoms with van der Waals surface area (Å²) in [5.41, 5.74) is 8.77. The van der Waals surface area contributed by atoms with Crippen molar-refractivity contribution in [3.8, 4) is 11.3 Å². The fourth-order valence-electron chi connectivity index (χ4n) is 5.92. The molecule has 6 nitrogen and oxygen atoms in total. The first kappa shape index (κ1) is 24.1. The molecule has 1 atom stereocenters. The Balaban J connectivity index is 1.69. The highest BCUT2D eigenvalue weighted by Gasteiger charge is 2.30. The molecule has 0 N–H and O–H groups in total. The fourth-order valence-corrected chi connectivity index (χ4v) is 6.12. The second kappa shape index (κ2) is 9.58. The summed E-state index contributed by atoms with van der Waals surface area (Å²) in [4.78, 5) is 5.04. The topological polar surface area (TPSA) is 57.8 Å². The Morgan fingerprint density at radius 2 is 1.81 bits per heavy atom. The molecule has 0 aliphatic carbocycles. The highest BCUT2D eigenvalue weighted by molar-refractivity contribution is 6.30. The Bertz CT molecular complexity index is 1580. The van der Waals surface area contributed by atoms with Crippen molar-refractivity contribution in [1.82, 2.24) is 24.5 Å². The third kappa shape index (κ3) is 4.22. The molecule has 0 bridgehead atoms. The molecule has 0 saturated carbocycles. The summed E-state index contributed by atoms with van der Waals surface area (Å²) in [5, 5.41) is 10.5. The maximum atomic E-state index is 6.56. The third-order valence-corrected chi connectivity index (χ3v) is 8.01. The number of rotatable bonds is 5. The number of benzene rings is 2. The first-order chi connectivity index (χ1) is 17.9. The SMILES string of the molecule is Cc1nnn(C)c1-c1cnc2c3ccc(C(C)C)cc3n([C@H](c3cccc(Cl)c3)C3CCOCC3)c2c1. The zero-order valence-corrected chi connectivity index (χ0v) is 22.5. The van der Waals surface area contributed by atoms with Gasteiger partial charge in [0.15, 0.2) is 0 Å². The molecule has 0 amide bonds. The van der Waals surface area contributed by atoms with E-state index in [1.54, 1.807) is 0 Å². The van der Waals surface area contributed by atoms with Crippen LogP contribution in [0, 0.1) is 12.8 Å². The van der Waals surface area contributed by atoms with E-state index in [-0.39, 0.29) is 6.04 Å². The molecular formula is C30H32ClN5O. The molecular weight excluding hydrogens is 482 g/mol. The van der Waals surface area contributed by atoms with Crippen LogP contribution in [-0.4, -0.2) is 37.8 Å². The molecule has 1 aliphatic rings. The maximum Gasteiger partial charge on any atom is 0.0960 e. The van der Waals surface area contributed by atoms with Crippen molar-refractivity contribution in [1.29, 1.82) is 0 Å². The van der Waals surface area contributed by atoms with Crippen LogP contribution in [0.15, 0.2) is 54.7 Å². The molecule has 1 fully saturated rings. The van der Waals surface area contributed by atoms with Crippen molar-refractivity contribution in [2.45, 2.75) is 45.6 Å². The van der Waals surface area contributed by atoms with Crippen molar-refractivity contribution in [2.24, 2.45) is 13.0 Å². The van der Waals surface area contributed by atoms with Gasteiger partial charge in [0.05, 0.1) is 34.0 Å². The van der Waals surface area contributed by atoms with Gasteiger partial charge in [-0.15, -0.1) is 5.10 Å². The van der Waals surface area contributed by atoms with E-state index in [2.05, 4.69) is 71.2 Å². The Kier molecular flexibility index (Phi) is 6.25. The number of nitrogens with zero attached hydrogens (tertiary/aromatic N) is 5. The quantitative estimate of drug-likeness (QED) is 0.252. The second-order valence-corrected chi connectivity index (χ2v) is 10.9. The summed E-state index contributed by atoms with van der Waals surface area (Å²) in [7, 11) is 1.93. The van der Waals surface area contributed by atoms with E-state index in [9.17, 15) is 0 Å². The van der Waals surface area contributed by atoms with Crippen LogP contribution in [0.3, 0.4) is 0 Å². The number of aryl methyl sites for hydroxylation is 2. The molecule has 0 radical (unpaired) electrons. The van der Waals surface area contributed by atoms with Crippen molar-refractivity contribution in [3.05, 3.63) is 76.6 Å². The molecule has 7 heteroatoms. The van der Waals surface area contributed by atoms with E-state index >= 15 is 0 Å². The zero-order valence-electron chi connectivity index (χ0n) is 21.8. The smallest absolute Gasteiger partial charge is 0.0960 e. The maximum absolute atomic E-state index is 6.56. The number of hydrogen-bond acceptors (Lipinski definition) is 4. The van der Waals surface area contributed by atoms with Crippen molar-refractivity contribution in [3.63, 3.8) is 0 Å². The van der Waals surface area contributed by atoms with E-state index in [4.69, 9.17) is 21.3 Å². The van der Waals surface area contributed by atoms with Crippen LogP contribution in [-0.2, 0) is 11.8 Å². The average Bonchev–Trinajstić information content (AvgIpc) is 3.40. The van der Waals surface area contributed by atoms with Gasteiger partial charge in [-0.1, -0.05) is 54.9 Å². The van der Waals surface area contributed by atoms with Crippen molar-refractivity contribution < 1.29 is 4.74 Å². The largest absolute Gasteiger partial charge is 0.381 e. The molecule has 5 aromatic rings. The zero-order chi connectivity index (χ0) is 25.7. The fraction of sp³-hybridized carbons (Fsp3) is 0.367. The molecule has 190 valence electrons. The van der Waals surface area contributed by atoms with Gasteiger partial charge in [0.25, 0.3) is 0 Å². The van der Waals surface area contributed by atoms with Crippen LogP contribution in [0.5, 0.6) is 0 Å². The molecule has 2 aromatic carbocycles. The van der Waals surface area contributed by atoms with Crippen LogP contribution in [0.2, 0.25) is 5.02 Å². The molecule has 1 saturated heterocycles. The van der Waals surface area contributed by atoms with E-state index in [0.29, 0.717) is 11.8 Å². The Hall–Kier alpha value is -3.22. The lowest BCUT2D eigenvalue weighted by molar-refractivity contribution is 0.0553. The highest BCUT2D eigenvalue weighted by atomic mass is 35.5. The number of aromatic nitrogens is 5. The Morgan fingerprint density at radius 1 is 1.00 bits per heavy atom. The van der Waals surface area contributed by atoms with Gasteiger partial charge in [-0.3, -0.25) is 4.98 Å². The van der Waals surface area contributed by atoms with Crippen LogP contribution < -0.4 is 0 Å². The van der Waals surface area contributed by atoms with Gasteiger partial charge in [0.2, 0.25) is 0 Å². The molecule has 3 aromatic heterocycles. The summed E-state index contributed by atoms with van der Waals surface area (Å²) in [6.07, 6.45) is 3.96. The molecule has 0 spiro atoms. The van der Waals surface area contributed by atoms with Crippen LogP contribution in [0.1, 0.15) is 55.5 Å². The van der Waals surface area contributed by atoms with Gasteiger partial charge in [-0.2, -0.15) is 0 Å².